The third-order valence-corrected chi connectivity index (χ3v) is 6.13. The molecule has 180 valence electrons. The molecule has 3 heterocycles. The van der Waals surface area contributed by atoms with Crippen LogP contribution in [0.25, 0.3) is 11.3 Å². The Kier molecular flexibility index (Phi) is 6.26. The number of aromatic nitrogens is 7. The summed E-state index contributed by atoms with van der Waals surface area (Å²) in [5.41, 5.74) is 5.42. The van der Waals surface area contributed by atoms with Gasteiger partial charge in [0.1, 0.15) is 0 Å². The van der Waals surface area contributed by atoms with Crippen LogP contribution < -0.4 is 10.6 Å². The van der Waals surface area contributed by atoms with Crippen LogP contribution in [-0.2, 0) is 13.5 Å². The third kappa shape index (κ3) is 5.06. The van der Waals surface area contributed by atoms with Gasteiger partial charge in [-0.2, -0.15) is 15.0 Å². The van der Waals surface area contributed by atoms with Crippen molar-refractivity contribution in [3.63, 3.8) is 0 Å². The van der Waals surface area contributed by atoms with Crippen LogP contribution in [0.4, 0.5) is 11.6 Å². The molecule has 5 rings (SSSR count). The summed E-state index contributed by atoms with van der Waals surface area (Å²) >= 11 is 0. The Hall–Kier alpha value is -4.08. The summed E-state index contributed by atoms with van der Waals surface area (Å²) in [6.07, 6.45) is 10.9. The summed E-state index contributed by atoms with van der Waals surface area (Å²) in [6.45, 7) is 3.97. The van der Waals surface area contributed by atoms with E-state index in [2.05, 4.69) is 49.1 Å². The molecule has 0 unspecified atom stereocenters. The van der Waals surface area contributed by atoms with Crippen molar-refractivity contribution in [2.45, 2.75) is 51.6 Å². The number of nitrogens with zero attached hydrogens (tertiary/aromatic N) is 7. The van der Waals surface area contributed by atoms with E-state index < -0.39 is 0 Å². The number of aryl methyl sites for hydroxylation is 2. The lowest BCUT2D eigenvalue weighted by Crippen LogP contribution is -2.29. The first-order chi connectivity index (χ1) is 17.0. The van der Waals surface area contributed by atoms with E-state index in [1.54, 1.807) is 21.9 Å². The number of amides is 1. The van der Waals surface area contributed by atoms with Crippen LogP contribution in [0.2, 0.25) is 0 Å². The second kappa shape index (κ2) is 9.65. The second-order valence-electron chi connectivity index (χ2n) is 9.12. The maximum absolute atomic E-state index is 12.9. The topological polar surface area (TPSA) is 115 Å². The summed E-state index contributed by atoms with van der Waals surface area (Å²) in [5, 5.41) is 19.1. The van der Waals surface area contributed by atoms with Crippen molar-refractivity contribution < 1.29 is 4.79 Å². The lowest BCUT2D eigenvalue weighted by atomic mass is 9.95. The number of carbonyl (C=O) groups excluding carboxylic acids is 1. The normalized spacial score (nSPS) is 15.5. The second-order valence-corrected chi connectivity index (χ2v) is 9.12. The van der Waals surface area contributed by atoms with Gasteiger partial charge in [0, 0.05) is 25.0 Å². The average Bonchev–Trinajstić information content (AvgIpc) is 3.46. The monoisotopic (exact) mass is 471 g/mol. The molecule has 2 N–H and O–H groups in total. The van der Waals surface area contributed by atoms with Gasteiger partial charge in [-0.1, -0.05) is 18.6 Å². The summed E-state index contributed by atoms with van der Waals surface area (Å²) < 4.78 is 1.72. The quantitative estimate of drug-likeness (QED) is 0.409. The molecular formula is C25H29N9O. The summed E-state index contributed by atoms with van der Waals surface area (Å²) in [5.74, 6) is 0.325. The molecule has 0 saturated carbocycles. The minimum absolute atomic E-state index is 0.0635. The maximum Gasteiger partial charge on any atom is 0.273 e. The Labute approximate surface area is 203 Å². The predicted molar refractivity (Wildman–Crippen MR) is 132 cm³/mol. The lowest BCUT2D eigenvalue weighted by molar-refractivity contribution is 0.0928. The number of hydrogen-bond acceptors (Lipinski definition) is 7. The van der Waals surface area contributed by atoms with Gasteiger partial charge in [-0.15, -0.1) is 5.10 Å². The molecule has 0 aliphatic heterocycles. The highest BCUT2D eigenvalue weighted by Gasteiger charge is 2.23. The molecule has 1 aromatic carbocycles. The number of anilines is 2. The van der Waals surface area contributed by atoms with Crippen LogP contribution in [0.1, 0.15) is 66.8 Å². The molecular weight excluding hydrogens is 442 g/mol. The number of nitrogens with one attached hydrogen (secondary N) is 2. The largest absolute Gasteiger partial charge is 0.344 e. The standard InChI is InChI=1S/C25H29N9O/c1-16(2)34-28-14-23(32-34)24(35)30-22-7-5-4-6-17-12-18(8-9-20(17)22)21-10-11-26-25(31-21)29-19-13-27-33(3)15-19/h8-16,22H,4-7H2,1-3H3,(H,30,35)(H,26,29,31)/t22-/m0/s1. The van der Waals surface area contributed by atoms with Gasteiger partial charge in [-0.25, -0.2) is 9.97 Å². The van der Waals surface area contributed by atoms with Crippen molar-refractivity contribution in [3.8, 4) is 11.3 Å². The fourth-order valence-corrected chi connectivity index (χ4v) is 4.35. The van der Waals surface area contributed by atoms with Crippen molar-refractivity contribution in [1.82, 2.24) is 40.1 Å². The first kappa shape index (κ1) is 22.7. The molecule has 0 radical (unpaired) electrons. The zero-order valence-corrected chi connectivity index (χ0v) is 20.1. The maximum atomic E-state index is 12.9. The smallest absolute Gasteiger partial charge is 0.273 e. The van der Waals surface area contributed by atoms with E-state index in [0.717, 1.165) is 48.2 Å². The Balaban J connectivity index is 1.37. The minimum atomic E-state index is -0.194. The Bertz CT molecular complexity index is 1340. The summed E-state index contributed by atoms with van der Waals surface area (Å²) in [4.78, 5) is 23.5. The van der Waals surface area contributed by atoms with E-state index in [4.69, 9.17) is 4.98 Å². The van der Waals surface area contributed by atoms with Gasteiger partial charge in [0.2, 0.25) is 5.95 Å². The van der Waals surface area contributed by atoms with Crippen LogP contribution >= 0.6 is 0 Å². The molecule has 4 aromatic rings. The molecule has 1 aliphatic carbocycles. The van der Waals surface area contributed by atoms with Gasteiger partial charge in [0.15, 0.2) is 5.69 Å². The van der Waals surface area contributed by atoms with E-state index >= 15 is 0 Å². The van der Waals surface area contributed by atoms with E-state index in [-0.39, 0.29) is 18.0 Å². The Morgan fingerprint density at radius 1 is 1.14 bits per heavy atom. The van der Waals surface area contributed by atoms with Gasteiger partial charge < -0.3 is 10.6 Å². The van der Waals surface area contributed by atoms with Crippen molar-refractivity contribution in [2.75, 3.05) is 5.32 Å². The van der Waals surface area contributed by atoms with E-state index in [1.165, 1.54) is 11.8 Å². The van der Waals surface area contributed by atoms with E-state index in [1.807, 2.05) is 33.2 Å². The van der Waals surface area contributed by atoms with Crippen LogP contribution in [0.15, 0.2) is 49.1 Å². The molecule has 0 fully saturated rings. The first-order valence-electron chi connectivity index (χ1n) is 11.9. The highest BCUT2D eigenvalue weighted by atomic mass is 16.2. The van der Waals surface area contributed by atoms with Gasteiger partial charge in [0.05, 0.1) is 35.9 Å². The number of fused-ring (bicyclic) bond motifs is 1. The molecule has 3 aromatic heterocycles. The summed E-state index contributed by atoms with van der Waals surface area (Å²) in [7, 11) is 1.86. The van der Waals surface area contributed by atoms with Crippen LogP contribution in [0.5, 0.6) is 0 Å². The SMILES string of the molecule is CC(C)n1ncc(C(=O)N[C@H]2CCCCc3cc(-c4ccnc(Nc5cnn(C)c5)n4)ccc32)n1. The predicted octanol–water partition coefficient (Wildman–Crippen LogP) is 3.99. The number of benzene rings is 1. The van der Waals surface area contributed by atoms with Crippen LogP contribution in [0, 0.1) is 0 Å². The van der Waals surface area contributed by atoms with E-state index in [9.17, 15) is 4.79 Å². The molecule has 35 heavy (non-hydrogen) atoms. The fraction of sp³-hybridized carbons (Fsp3) is 0.360. The molecule has 1 atom stereocenters. The van der Waals surface area contributed by atoms with Crippen molar-refractivity contribution >= 4 is 17.5 Å². The van der Waals surface area contributed by atoms with Gasteiger partial charge in [-0.05, 0) is 56.4 Å². The Morgan fingerprint density at radius 3 is 2.80 bits per heavy atom. The zero-order valence-electron chi connectivity index (χ0n) is 20.1. The lowest BCUT2D eigenvalue weighted by Gasteiger charge is -2.19. The Morgan fingerprint density at radius 2 is 2.03 bits per heavy atom. The molecule has 0 bridgehead atoms. The molecule has 1 amide bonds. The molecule has 10 nitrogen and oxygen atoms in total. The van der Waals surface area contributed by atoms with Gasteiger partial charge in [0.25, 0.3) is 5.91 Å². The fourth-order valence-electron chi connectivity index (χ4n) is 4.35. The molecule has 10 heteroatoms. The van der Waals surface area contributed by atoms with Crippen molar-refractivity contribution in [1.29, 1.82) is 0 Å². The van der Waals surface area contributed by atoms with Crippen LogP contribution in [0.3, 0.4) is 0 Å². The van der Waals surface area contributed by atoms with Gasteiger partial charge >= 0.3 is 0 Å². The number of carbonyl (C=O) groups is 1. The molecule has 0 saturated heterocycles. The number of rotatable bonds is 6. The minimum Gasteiger partial charge on any atom is -0.344 e. The van der Waals surface area contributed by atoms with E-state index in [0.29, 0.717) is 11.6 Å². The molecule has 0 spiro atoms. The summed E-state index contributed by atoms with van der Waals surface area (Å²) in [6, 6.07) is 8.31. The first-order valence-corrected chi connectivity index (χ1v) is 11.9. The van der Waals surface area contributed by atoms with Crippen LogP contribution in [-0.4, -0.2) is 40.6 Å². The average molecular weight is 472 g/mol. The molecule has 1 aliphatic rings. The zero-order chi connectivity index (χ0) is 24.4. The van der Waals surface area contributed by atoms with Crippen molar-refractivity contribution in [3.05, 3.63) is 65.9 Å². The number of hydrogen-bond donors (Lipinski definition) is 2. The highest BCUT2D eigenvalue weighted by Crippen LogP contribution is 2.32. The van der Waals surface area contributed by atoms with Gasteiger partial charge in [-0.3, -0.25) is 9.48 Å². The highest BCUT2D eigenvalue weighted by molar-refractivity contribution is 5.92. The third-order valence-electron chi connectivity index (χ3n) is 6.13. The van der Waals surface area contributed by atoms with Crippen molar-refractivity contribution in [2.24, 2.45) is 7.05 Å².